The van der Waals surface area contributed by atoms with Gasteiger partial charge in [0.15, 0.2) is 0 Å². The van der Waals surface area contributed by atoms with Crippen molar-refractivity contribution >= 4 is 21.8 Å². The molecule has 4 aromatic carbocycles. The number of para-hydroxylation sites is 1. The summed E-state index contributed by atoms with van der Waals surface area (Å²) in [7, 11) is 2.02. The standard InChI is InChI=1S/C47H53N5.Pt/c1-44(2,3)32-25-31(26-33(28-32)45(4,5)6)40-41(46(7,8)9)49-52(42(40)47(10,11)12)35-21-22-37-36-19-14-15-20-38(36)51(39(37)29-35)34-18-16-17-30(27-34)43-48-23-24-50(43)13;/h14-26,28H,1-13H3;/q-2;+2. The van der Waals surface area contributed by atoms with E-state index in [4.69, 9.17) is 5.10 Å². The van der Waals surface area contributed by atoms with Gasteiger partial charge in [-0.1, -0.05) is 125 Å². The minimum atomic E-state index is -0.231. The van der Waals surface area contributed by atoms with Gasteiger partial charge in [0.1, 0.15) is 0 Å². The van der Waals surface area contributed by atoms with Crippen LogP contribution < -0.4 is 0 Å². The third-order valence-corrected chi connectivity index (χ3v) is 10.1. The molecule has 0 atom stereocenters. The Hall–Kier alpha value is -4.21. The Morgan fingerprint density at radius 1 is 0.623 bits per heavy atom. The van der Waals surface area contributed by atoms with Crippen molar-refractivity contribution in [3.8, 4) is 33.9 Å². The molecule has 0 saturated carbocycles. The van der Waals surface area contributed by atoms with E-state index in [1.54, 1.807) is 0 Å². The second-order valence-electron chi connectivity index (χ2n) is 18.6. The molecule has 0 bridgehead atoms. The molecule has 0 unspecified atom stereocenters. The first kappa shape index (κ1) is 38.5. The molecule has 5 nitrogen and oxygen atoms in total. The minimum Gasteiger partial charge on any atom is -0.373 e. The van der Waals surface area contributed by atoms with Crippen LogP contribution in [0.2, 0.25) is 0 Å². The molecule has 3 heterocycles. The van der Waals surface area contributed by atoms with Gasteiger partial charge < -0.3 is 9.13 Å². The predicted molar refractivity (Wildman–Crippen MR) is 218 cm³/mol. The summed E-state index contributed by atoms with van der Waals surface area (Å²) in [6.07, 6.45) is 3.80. The first-order valence-electron chi connectivity index (χ1n) is 18.5. The molecule has 53 heavy (non-hydrogen) atoms. The number of hydrogen-bond acceptors (Lipinski definition) is 2. The SMILES string of the molecule is Cn1ccnc1-c1[c-]c(-n2c3[c-]c(-n4nc(C(C)(C)C)c(-c5cc(C(C)(C)C)cc(C(C)(C)C)c5)c4C(C)(C)C)ccc3c3ccccc32)ccc1.[Pt+2]. The van der Waals surface area contributed by atoms with Crippen LogP contribution >= 0.6 is 0 Å². The Morgan fingerprint density at radius 3 is 1.87 bits per heavy atom. The molecule has 0 aliphatic carbocycles. The van der Waals surface area contributed by atoms with Gasteiger partial charge in [-0.05, 0) is 50.3 Å². The number of benzene rings is 4. The van der Waals surface area contributed by atoms with Crippen LogP contribution in [0.3, 0.4) is 0 Å². The first-order valence-corrected chi connectivity index (χ1v) is 18.5. The van der Waals surface area contributed by atoms with E-state index in [0.29, 0.717) is 0 Å². The quantitative estimate of drug-likeness (QED) is 0.165. The van der Waals surface area contributed by atoms with E-state index in [1.165, 1.54) is 33.3 Å². The van der Waals surface area contributed by atoms with Crippen LogP contribution in [0.4, 0.5) is 0 Å². The summed E-state index contributed by atoms with van der Waals surface area (Å²) in [5, 5.41) is 7.88. The molecule has 0 aliphatic heterocycles. The van der Waals surface area contributed by atoms with Gasteiger partial charge >= 0.3 is 21.1 Å². The zero-order chi connectivity index (χ0) is 37.5. The van der Waals surface area contributed by atoms with Gasteiger partial charge in [0.25, 0.3) is 0 Å². The van der Waals surface area contributed by atoms with Crippen LogP contribution in [0.25, 0.3) is 55.7 Å². The molecule has 0 amide bonds. The fourth-order valence-electron chi connectivity index (χ4n) is 7.32. The average Bonchev–Trinajstić information content (AvgIpc) is 3.77. The van der Waals surface area contributed by atoms with Gasteiger partial charge in [0.05, 0.1) is 17.2 Å². The van der Waals surface area contributed by atoms with E-state index in [9.17, 15) is 0 Å². The van der Waals surface area contributed by atoms with E-state index >= 15 is 0 Å². The molecule has 7 rings (SSSR count). The molecule has 0 spiro atoms. The number of aromatic nitrogens is 5. The normalized spacial score (nSPS) is 12.8. The largest absolute Gasteiger partial charge is 2.00 e. The Kier molecular flexibility index (Phi) is 9.64. The van der Waals surface area contributed by atoms with Crippen LogP contribution in [0.5, 0.6) is 0 Å². The molecule has 7 aromatic rings. The van der Waals surface area contributed by atoms with Crippen molar-refractivity contribution in [1.29, 1.82) is 0 Å². The number of imidazole rings is 1. The van der Waals surface area contributed by atoms with Crippen LogP contribution in [0.1, 0.15) is 106 Å². The molecule has 0 aliphatic rings. The molecule has 0 N–H and O–H groups in total. The van der Waals surface area contributed by atoms with E-state index in [1.807, 2.05) is 24.0 Å². The van der Waals surface area contributed by atoms with Crippen molar-refractivity contribution in [1.82, 2.24) is 23.9 Å². The second kappa shape index (κ2) is 13.3. The van der Waals surface area contributed by atoms with Gasteiger partial charge in [-0.15, -0.1) is 47.3 Å². The smallest absolute Gasteiger partial charge is 0.373 e. The molecular weight excluding hydrogens is 830 g/mol. The predicted octanol–water partition coefficient (Wildman–Crippen LogP) is 11.8. The summed E-state index contributed by atoms with van der Waals surface area (Å²) in [6.45, 7) is 27.6. The summed E-state index contributed by atoms with van der Waals surface area (Å²) < 4.78 is 6.50. The molecule has 0 radical (unpaired) electrons. The maximum Gasteiger partial charge on any atom is 2.00 e. The summed E-state index contributed by atoms with van der Waals surface area (Å²) in [5.74, 6) is 0.881. The van der Waals surface area contributed by atoms with Crippen LogP contribution in [0.15, 0.2) is 85.2 Å². The zero-order valence-electron chi connectivity index (χ0n) is 33.6. The molecule has 6 heteroatoms. The van der Waals surface area contributed by atoms with Gasteiger partial charge in [-0.3, -0.25) is 9.67 Å². The number of rotatable bonds is 4. The average molecular weight is 883 g/mol. The summed E-state index contributed by atoms with van der Waals surface area (Å²) in [5.41, 5.74) is 11.9. The summed E-state index contributed by atoms with van der Waals surface area (Å²) in [6, 6.07) is 34.2. The van der Waals surface area contributed by atoms with Crippen molar-refractivity contribution in [2.75, 3.05) is 0 Å². The maximum absolute atomic E-state index is 5.56. The van der Waals surface area contributed by atoms with Crippen molar-refractivity contribution in [2.24, 2.45) is 7.05 Å². The Balaban J connectivity index is 0.00000481. The fraction of sp³-hybridized carbons (Fsp3) is 0.362. The van der Waals surface area contributed by atoms with Crippen molar-refractivity contribution in [3.63, 3.8) is 0 Å². The van der Waals surface area contributed by atoms with Gasteiger partial charge in [-0.2, -0.15) is 11.2 Å². The first-order chi connectivity index (χ1) is 24.2. The van der Waals surface area contributed by atoms with Gasteiger partial charge in [-0.25, -0.2) is 0 Å². The maximum atomic E-state index is 5.56. The van der Waals surface area contributed by atoms with Gasteiger partial charge in [0, 0.05) is 41.4 Å². The van der Waals surface area contributed by atoms with Crippen molar-refractivity contribution in [3.05, 3.63) is 120 Å². The molecule has 3 aromatic heterocycles. The number of fused-ring (bicyclic) bond motifs is 3. The molecule has 0 saturated heterocycles. The number of aryl methyl sites for hydroxylation is 1. The Labute approximate surface area is 330 Å². The number of nitrogens with zero attached hydrogens (tertiary/aromatic N) is 5. The van der Waals surface area contributed by atoms with Gasteiger partial charge in [0.2, 0.25) is 0 Å². The monoisotopic (exact) mass is 882 g/mol. The van der Waals surface area contributed by atoms with Crippen molar-refractivity contribution in [2.45, 2.75) is 105 Å². The molecule has 0 fully saturated rings. The van der Waals surface area contributed by atoms with E-state index < -0.39 is 0 Å². The summed E-state index contributed by atoms with van der Waals surface area (Å²) in [4.78, 5) is 4.62. The Bertz CT molecular complexity index is 2430. The fourth-order valence-corrected chi connectivity index (χ4v) is 7.32. The summed E-state index contributed by atoms with van der Waals surface area (Å²) >= 11 is 0. The van der Waals surface area contributed by atoms with Crippen molar-refractivity contribution < 1.29 is 21.1 Å². The Morgan fingerprint density at radius 2 is 1.28 bits per heavy atom. The topological polar surface area (TPSA) is 40.6 Å². The minimum absolute atomic E-state index is 0. The van der Waals surface area contributed by atoms with E-state index in [0.717, 1.165) is 44.9 Å². The molecular formula is C47H53N5Pt. The second-order valence-corrected chi connectivity index (χ2v) is 18.6. The van der Waals surface area contributed by atoms with E-state index in [2.05, 4.69) is 182 Å². The third kappa shape index (κ3) is 6.98. The number of hydrogen-bond donors (Lipinski definition) is 0. The van der Waals surface area contributed by atoms with Crippen LogP contribution in [-0.4, -0.2) is 23.9 Å². The third-order valence-electron chi connectivity index (χ3n) is 10.1. The molecule has 276 valence electrons. The van der Waals surface area contributed by atoms with Crippen LogP contribution in [0, 0.1) is 12.1 Å². The van der Waals surface area contributed by atoms with E-state index in [-0.39, 0.29) is 42.7 Å². The van der Waals surface area contributed by atoms with Crippen LogP contribution in [-0.2, 0) is 49.8 Å². The zero-order valence-corrected chi connectivity index (χ0v) is 35.9.